The van der Waals surface area contributed by atoms with Gasteiger partial charge in [-0.25, -0.2) is 9.67 Å². The van der Waals surface area contributed by atoms with Crippen molar-refractivity contribution in [3.05, 3.63) is 40.7 Å². The number of aromatic nitrogens is 4. The van der Waals surface area contributed by atoms with Gasteiger partial charge in [0.1, 0.15) is 6.10 Å². The number of nitrogens with one attached hydrogen (secondary N) is 1. The Morgan fingerprint density at radius 1 is 1.50 bits per heavy atom. The minimum atomic E-state index is -0.406. The van der Waals surface area contributed by atoms with E-state index in [1.807, 2.05) is 20.8 Å². The predicted octanol–water partition coefficient (Wildman–Crippen LogP) is 0.814. The number of amides is 1. The lowest BCUT2D eigenvalue weighted by Crippen LogP contribution is -2.46. The second kappa shape index (κ2) is 6.82. The van der Waals surface area contributed by atoms with Gasteiger partial charge in [0.15, 0.2) is 11.9 Å². The molecule has 0 aliphatic carbocycles. The van der Waals surface area contributed by atoms with Crippen LogP contribution in [0, 0.1) is 10.6 Å². The molecule has 2 aliphatic heterocycles. The van der Waals surface area contributed by atoms with Crippen molar-refractivity contribution < 1.29 is 19.4 Å². The van der Waals surface area contributed by atoms with E-state index in [0.717, 1.165) is 24.1 Å². The average molecular weight is 387 g/mol. The van der Waals surface area contributed by atoms with Crippen LogP contribution in [0.25, 0.3) is 5.82 Å². The second-order valence-corrected chi connectivity index (χ2v) is 8.50. The van der Waals surface area contributed by atoms with Crippen molar-refractivity contribution in [2.45, 2.75) is 58.3 Å². The highest BCUT2D eigenvalue weighted by Gasteiger charge is 2.41. The third-order valence-corrected chi connectivity index (χ3v) is 5.50. The lowest BCUT2D eigenvalue weighted by atomic mass is 9.87. The Hall–Kier alpha value is -2.52. The fourth-order valence-corrected chi connectivity index (χ4v) is 3.87. The van der Waals surface area contributed by atoms with Gasteiger partial charge in [0.25, 0.3) is 5.91 Å². The van der Waals surface area contributed by atoms with Gasteiger partial charge >= 0.3 is 0 Å². The largest absolute Gasteiger partial charge is 0.619 e. The topological polar surface area (TPSA) is 116 Å². The summed E-state index contributed by atoms with van der Waals surface area (Å²) in [6, 6.07) is -0.406. The first-order valence-corrected chi connectivity index (χ1v) is 9.52. The van der Waals surface area contributed by atoms with Crippen LogP contribution < -0.4 is 10.0 Å². The zero-order valence-electron chi connectivity index (χ0n) is 16.3. The van der Waals surface area contributed by atoms with Gasteiger partial charge in [-0.15, -0.1) is 0 Å². The van der Waals surface area contributed by atoms with Gasteiger partial charge in [-0.1, -0.05) is 20.8 Å². The van der Waals surface area contributed by atoms with E-state index >= 15 is 0 Å². The molecule has 2 N–H and O–H groups in total. The van der Waals surface area contributed by atoms with Crippen molar-refractivity contribution in [1.82, 2.24) is 20.1 Å². The molecule has 0 aromatic carbocycles. The van der Waals surface area contributed by atoms with Gasteiger partial charge in [-0.3, -0.25) is 4.79 Å². The quantitative estimate of drug-likeness (QED) is 0.592. The molecule has 0 spiro atoms. The number of rotatable bonds is 4. The highest BCUT2D eigenvalue weighted by atomic mass is 16.5. The normalized spacial score (nSPS) is 22.0. The van der Waals surface area contributed by atoms with Gasteiger partial charge in [0, 0.05) is 12.0 Å². The van der Waals surface area contributed by atoms with E-state index in [-0.39, 0.29) is 30.1 Å². The predicted molar refractivity (Wildman–Crippen MR) is 98.7 cm³/mol. The number of ether oxygens (including phenoxy) is 1. The van der Waals surface area contributed by atoms with E-state index in [2.05, 4.69) is 15.4 Å². The Labute approximate surface area is 162 Å². The maximum atomic E-state index is 13.1. The third kappa shape index (κ3) is 3.24. The van der Waals surface area contributed by atoms with Crippen LogP contribution in [-0.2, 0) is 11.2 Å². The number of nitrogens with zero attached hydrogens (tertiary/aromatic N) is 4. The van der Waals surface area contributed by atoms with E-state index in [1.54, 1.807) is 4.68 Å². The smallest absolute Gasteiger partial charge is 0.272 e. The Morgan fingerprint density at radius 2 is 2.29 bits per heavy atom. The van der Waals surface area contributed by atoms with Crippen molar-refractivity contribution in [3.8, 4) is 5.82 Å². The molecule has 4 rings (SSSR count). The minimum absolute atomic E-state index is 0.0751. The van der Waals surface area contributed by atoms with Gasteiger partial charge in [-0.2, -0.15) is 9.83 Å². The van der Waals surface area contributed by atoms with Crippen molar-refractivity contribution in [2.75, 3.05) is 6.61 Å². The van der Waals surface area contributed by atoms with Crippen LogP contribution in [0.4, 0.5) is 0 Å². The van der Waals surface area contributed by atoms with E-state index in [9.17, 15) is 15.1 Å². The Balaban J connectivity index is 1.77. The Morgan fingerprint density at radius 3 is 2.96 bits per heavy atom. The molecule has 28 heavy (non-hydrogen) atoms. The lowest BCUT2D eigenvalue weighted by Gasteiger charge is -2.29. The molecule has 0 saturated carbocycles. The van der Waals surface area contributed by atoms with Crippen molar-refractivity contribution in [3.63, 3.8) is 0 Å². The SMILES string of the molecule is CC(C)(C)C(CO)NC(=O)c1nn(-c2c[n+]([O-])ccn2)c2c1C[C@H]1CC[C@@H]2O1. The highest BCUT2D eigenvalue weighted by molar-refractivity contribution is 5.94. The summed E-state index contributed by atoms with van der Waals surface area (Å²) >= 11 is 0. The number of hydrogen-bond donors (Lipinski definition) is 2. The molecule has 9 nitrogen and oxygen atoms in total. The second-order valence-electron chi connectivity index (χ2n) is 8.50. The monoisotopic (exact) mass is 387 g/mol. The fraction of sp³-hybridized carbons (Fsp3) is 0.579. The molecule has 2 aromatic rings. The first-order chi connectivity index (χ1) is 13.3. The summed E-state index contributed by atoms with van der Waals surface area (Å²) in [6.45, 7) is 5.70. The lowest BCUT2D eigenvalue weighted by molar-refractivity contribution is -0.605. The van der Waals surface area contributed by atoms with Gasteiger partial charge in [0.05, 0.1) is 30.6 Å². The Kier molecular flexibility index (Phi) is 4.59. The number of hydrogen-bond acceptors (Lipinski definition) is 6. The fourth-order valence-electron chi connectivity index (χ4n) is 3.87. The summed E-state index contributed by atoms with van der Waals surface area (Å²) in [7, 11) is 0. The molecule has 150 valence electrons. The van der Waals surface area contributed by atoms with Gasteiger partial charge in [0.2, 0.25) is 12.0 Å². The van der Waals surface area contributed by atoms with E-state index in [1.165, 1.54) is 18.6 Å². The molecule has 1 amide bonds. The summed E-state index contributed by atoms with van der Waals surface area (Å²) < 4.78 is 8.22. The number of carbonyl (C=O) groups excluding carboxylic acids is 1. The van der Waals surface area contributed by atoms with Crippen LogP contribution in [0.1, 0.15) is 61.5 Å². The summed E-state index contributed by atoms with van der Waals surface area (Å²) in [5, 5.41) is 28.8. The molecule has 2 aliphatic rings. The molecule has 9 heteroatoms. The number of fused-ring (bicyclic) bond motifs is 4. The molecule has 4 heterocycles. The summed E-state index contributed by atoms with van der Waals surface area (Å²) in [5.41, 5.74) is 1.63. The molecule has 1 unspecified atom stereocenters. The maximum absolute atomic E-state index is 13.1. The summed E-state index contributed by atoms with van der Waals surface area (Å²) in [6.07, 6.45) is 6.29. The van der Waals surface area contributed by atoms with Crippen LogP contribution in [0.15, 0.2) is 18.6 Å². The summed E-state index contributed by atoms with van der Waals surface area (Å²) in [4.78, 5) is 17.3. The van der Waals surface area contributed by atoms with Crippen molar-refractivity contribution >= 4 is 5.91 Å². The molecular weight excluding hydrogens is 362 g/mol. The van der Waals surface area contributed by atoms with Crippen molar-refractivity contribution in [1.29, 1.82) is 0 Å². The minimum Gasteiger partial charge on any atom is -0.619 e. The van der Waals surface area contributed by atoms with Gasteiger partial charge < -0.3 is 20.4 Å². The third-order valence-electron chi connectivity index (χ3n) is 5.50. The van der Waals surface area contributed by atoms with E-state index in [0.29, 0.717) is 22.7 Å². The maximum Gasteiger partial charge on any atom is 0.272 e. The molecule has 1 fully saturated rings. The molecule has 0 radical (unpaired) electrons. The molecule has 2 aromatic heterocycles. The number of aliphatic hydroxyl groups is 1. The molecule has 2 bridgehead atoms. The van der Waals surface area contributed by atoms with Crippen LogP contribution in [-0.4, -0.2) is 44.5 Å². The highest BCUT2D eigenvalue weighted by Crippen LogP contribution is 2.42. The average Bonchev–Trinajstić information content (AvgIpc) is 3.21. The standard InChI is InChI=1S/C19H25N5O4/c1-19(2,3)14(10-25)21-18(26)16-12-8-11-4-5-13(28-11)17(12)24(22-16)15-9-23(27)7-6-20-15/h6-7,9,11,13-14,25H,4-5,8,10H2,1-3H3,(H,21,26)/t11-,13+,14?/m1/s1. The molecular formula is C19H25N5O4. The number of aliphatic hydroxyl groups excluding tert-OH is 1. The van der Waals surface area contributed by atoms with Gasteiger partial charge in [-0.05, 0) is 18.3 Å². The first kappa shape index (κ1) is 18.8. The zero-order valence-corrected chi connectivity index (χ0v) is 16.3. The van der Waals surface area contributed by atoms with Crippen molar-refractivity contribution in [2.24, 2.45) is 5.41 Å². The molecule has 1 saturated heterocycles. The summed E-state index contributed by atoms with van der Waals surface area (Å²) in [5.74, 6) is 0.00693. The first-order valence-electron chi connectivity index (χ1n) is 9.52. The van der Waals surface area contributed by atoms with Crippen LogP contribution >= 0.6 is 0 Å². The molecule has 3 atom stereocenters. The Bertz CT molecular complexity index is 904. The number of carbonyl (C=O) groups is 1. The van der Waals surface area contributed by atoms with Crippen LogP contribution in [0.5, 0.6) is 0 Å². The van der Waals surface area contributed by atoms with E-state index in [4.69, 9.17) is 4.74 Å². The van der Waals surface area contributed by atoms with E-state index < -0.39 is 6.04 Å². The van der Waals surface area contributed by atoms with Crippen LogP contribution in [0.2, 0.25) is 0 Å². The van der Waals surface area contributed by atoms with Crippen LogP contribution in [0.3, 0.4) is 0 Å². The zero-order chi connectivity index (χ0) is 20.1.